The van der Waals surface area contributed by atoms with E-state index in [0.29, 0.717) is 23.9 Å². The summed E-state index contributed by atoms with van der Waals surface area (Å²) in [7, 11) is 0. The summed E-state index contributed by atoms with van der Waals surface area (Å²) < 4.78 is 7.10. The van der Waals surface area contributed by atoms with Crippen molar-refractivity contribution in [3.8, 4) is 0 Å². The molecule has 1 fully saturated rings. The van der Waals surface area contributed by atoms with Crippen molar-refractivity contribution in [1.82, 2.24) is 19.9 Å². The van der Waals surface area contributed by atoms with Crippen molar-refractivity contribution in [2.45, 2.75) is 57.1 Å². The number of nitrogens with zero attached hydrogens (tertiary/aromatic N) is 4. The van der Waals surface area contributed by atoms with Crippen molar-refractivity contribution in [2.24, 2.45) is 0 Å². The van der Waals surface area contributed by atoms with Crippen LogP contribution in [0.1, 0.15) is 44.3 Å². The summed E-state index contributed by atoms with van der Waals surface area (Å²) in [6, 6.07) is 0. The molecular weight excluding hydrogens is 292 g/mol. The van der Waals surface area contributed by atoms with Gasteiger partial charge in [0.05, 0.1) is 17.3 Å². The average molecular weight is 311 g/mol. The molecule has 0 radical (unpaired) electrons. The van der Waals surface area contributed by atoms with Gasteiger partial charge in [0.2, 0.25) is 5.89 Å². The number of hydrogen-bond donors (Lipinski definition) is 1. The Labute approximate surface area is 128 Å². The maximum atomic E-state index is 9.62. The van der Waals surface area contributed by atoms with Gasteiger partial charge in [-0.2, -0.15) is 10.1 Å². The molecule has 0 amide bonds. The van der Waals surface area contributed by atoms with Crippen LogP contribution in [0.25, 0.3) is 0 Å². The lowest BCUT2D eigenvalue weighted by atomic mass is 9.74. The topological polar surface area (TPSA) is 77.0 Å². The zero-order valence-electron chi connectivity index (χ0n) is 12.0. The van der Waals surface area contributed by atoms with Crippen LogP contribution in [-0.2, 0) is 18.4 Å². The van der Waals surface area contributed by atoms with E-state index in [-0.39, 0.29) is 11.5 Å². The molecule has 6 nitrogen and oxygen atoms in total. The van der Waals surface area contributed by atoms with E-state index in [1.807, 2.05) is 0 Å². The summed E-state index contributed by atoms with van der Waals surface area (Å²) in [6.45, 7) is 2.80. The van der Waals surface area contributed by atoms with Gasteiger partial charge >= 0.3 is 0 Å². The molecule has 0 unspecified atom stereocenters. The van der Waals surface area contributed by atoms with Gasteiger partial charge in [-0.25, -0.2) is 0 Å². The number of halogens is 1. The second-order valence-corrected chi connectivity index (χ2v) is 6.41. The van der Waals surface area contributed by atoms with Crippen molar-refractivity contribution in [1.29, 1.82) is 0 Å². The first kappa shape index (κ1) is 14.5. The fourth-order valence-corrected chi connectivity index (χ4v) is 2.89. The Morgan fingerprint density at radius 2 is 2.24 bits per heavy atom. The van der Waals surface area contributed by atoms with Crippen LogP contribution in [0.15, 0.2) is 16.9 Å². The summed E-state index contributed by atoms with van der Waals surface area (Å²) in [5.74, 6) is 1.37. The average Bonchev–Trinajstić information content (AvgIpc) is 3.09. The highest BCUT2D eigenvalue weighted by molar-refractivity contribution is 6.30. The van der Waals surface area contributed by atoms with Crippen LogP contribution in [0.4, 0.5) is 0 Å². The summed E-state index contributed by atoms with van der Waals surface area (Å²) >= 11 is 5.82. The maximum absolute atomic E-state index is 9.62. The minimum absolute atomic E-state index is 0.0873. The lowest BCUT2D eigenvalue weighted by molar-refractivity contribution is 0.0971. The molecule has 2 aromatic heterocycles. The third kappa shape index (κ3) is 3.27. The Balaban J connectivity index is 1.63. The third-order valence-electron chi connectivity index (χ3n) is 4.22. The Morgan fingerprint density at radius 3 is 2.90 bits per heavy atom. The van der Waals surface area contributed by atoms with Crippen LogP contribution in [-0.4, -0.2) is 31.1 Å². The number of hydrogen-bond acceptors (Lipinski definition) is 5. The van der Waals surface area contributed by atoms with E-state index in [2.05, 4.69) is 22.2 Å². The van der Waals surface area contributed by atoms with Gasteiger partial charge in [0.25, 0.3) is 0 Å². The minimum Gasteiger partial charge on any atom is -0.393 e. The standard InChI is InChI=1S/C14H19ClN4O2/c1-14(5-2-11(20)3-6-14)13-17-12(21-18-13)4-7-19-9-10(15)8-16-19/h8-9,11,20H,2-7H2,1H3. The Bertz CT molecular complexity index is 602. The SMILES string of the molecule is CC1(c2noc(CCn3cc(Cl)cn3)n2)CCC(O)CC1. The zero-order valence-corrected chi connectivity index (χ0v) is 12.8. The van der Waals surface area contributed by atoms with Crippen molar-refractivity contribution in [3.05, 3.63) is 29.1 Å². The van der Waals surface area contributed by atoms with Gasteiger partial charge in [0.15, 0.2) is 5.82 Å². The number of aromatic nitrogens is 4. The largest absolute Gasteiger partial charge is 0.393 e. The van der Waals surface area contributed by atoms with Gasteiger partial charge in [-0.15, -0.1) is 0 Å². The Morgan fingerprint density at radius 1 is 1.48 bits per heavy atom. The number of aliphatic hydroxyl groups excluding tert-OH is 1. The molecule has 0 atom stereocenters. The molecule has 2 aromatic rings. The molecule has 0 aromatic carbocycles. The number of aliphatic hydroxyl groups is 1. The molecule has 21 heavy (non-hydrogen) atoms. The molecule has 7 heteroatoms. The molecule has 2 heterocycles. The summed E-state index contributed by atoms with van der Waals surface area (Å²) in [4.78, 5) is 4.52. The summed E-state index contributed by atoms with van der Waals surface area (Å²) in [5, 5.41) is 18.5. The summed E-state index contributed by atoms with van der Waals surface area (Å²) in [5.41, 5.74) is -0.0873. The molecule has 0 spiro atoms. The lowest BCUT2D eigenvalue weighted by Gasteiger charge is -2.32. The van der Waals surface area contributed by atoms with Crippen LogP contribution in [0, 0.1) is 0 Å². The quantitative estimate of drug-likeness (QED) is 0.938. The van der Waals surface area contributed by atoms with Gasteiger partial charge in [-0.05, 0) is 25.7 Å². The van der Waals surface area contributed by atoms with E-state index >= 15 is 0 Å². The number of aryl methyl sites for hydroxylation is 2. The molecule has 1 aliphatic rings. The molecule has 0 bridgehead atoms. The van der Waals surface area contributed by atoms with E-state index in [4.69, 9.17) is 16.1 Å². The molecule has 3 rings (SSSR count). The molecule has 0 aliphatic heterocycles. The molecule has 1 N–H and O–H groups in total. The van der Waals surface area contributed by atoms with E-state index in [1.165, 1.54) is 0 Å². The highest BCUT2D eigenvalue weighted by Gasteiger charge is 2.36. The van der Waals surface area contributed by atoms with E-state index in [1.54, 1.807) is 17.1 Å². The lowest BCUT2D eigenvalue weighted by Crippen LogP contribution is -2.31. The van der Waals surface area contributed by atoms with Gasteiger partial charge in [-0.3, -0.25) is 4.68 Å². The second-order valence-electron chi connectivity index (χ2n) is 5.98. The van der Waals surface area contributed by atoms with Crippen molar-refractivity contribution in [3.63, 3.8) is 0 Å². The van der Waals surface area contributed by atoms with Crippen molar-refractivity contribution in [2.75, 3.05) is 0 Å². The van der Waals surface area contributed by atoms with Gasteiger partial charge < -0.3 is 9.63 Å². The Hall–Kier alpha value is -1.40. The molecule has 1 aliphatic carbocycles. The van der Waals surface area contributed by atoms with E-state index in [0.717, 1.165) is 31.5 Å². The van der Waals surface area contributed by atoms with E-state index in [9.17, 15) is 5.11 Å². The molecule has 1 saturated carbocycles. The maximum Gasteiger partial charge on any atom is 0.228 e. The zero-order chi connectivity index (χ0) is 14.9. The van der Waals surface area contributed by atoms with Gasteiger partial charge in [-0.1, -0.05) is 23.7 Å². The highest BCUT2D eigenvalue weighted by Crippen LogP contribution is 2.37. The molecular formula is C14H19ClN4O2. The predicted octanol–water partition coefficient (Wildman–Crippen LogP) is 2.35. The molecule has 114 valence electrons. The fraction of sp³-hybridized carbons (Fsp3) is 0.643. The fourth-order valence-electron chi connectivity index (χ4n) is 2.74. The first-order valence-electron chi connectivity index (χ1n) is 7.24. The van der Waals surface area contributed by atoms with Crippen LogP contribution >= 0.6 is 11.6 Å². The van der Waals surface area contributed by atoms with E-state index < -0.39 is 0 Å². The van der Waals surface area contributed by atoms with Crippen LogP contribution in [0.3, 0.4) is 0 Å². The first-order chi connectivity index (χ1) is 10.0. The molecule has 0 saturated heterocycles. The summed E-state index contributed by atoms with van der Waals surface area (Å²) in [6.07, 6.45) is 7.19. The van der Waals surface area contributed by atoms with Crippen molar-refractivity contribution >= 4 is 11.6 Å². The minimum atomic E-state index is -0.186. The normalized spacial score (nSPS) is 26.1. The number of rotatable bonds is 4. The van der Waals surface area contributed by atoms with Crippen LogP contribution in [0.2, 0.25) is 5.02 Å². The van der Waals surface area contributed by atoms with Crippen LogP contribution < -0.4 is 0 Å². The Kier molecular flexibility index (Phi) is 3.99. The monoisotopic (exact) mass is 310 g/mol. The highest BCUT2D eigenvalue weighted by atomic mass is 35.5. The third-order valence-corrected chi connectivity index (χ3v) is 4.42. The first-order valence-corrected chi connectivity index (χ1v) is 7.62. The van der Waals surface area contributed by atoms with Crippen LogP contribution in [0.5, 0.6) is 0 Å². The second kappa shape index (κ2) is 5.77. The van der Waals surface area contributed by atoms with Gasteiger partial charge in [0.1, 0.15) is 0 Å². The van der Waals surface area contributed by atoms with Gasteiger partial charge in [0, 0.05) is 24.6 Å². The van der Waals surface area contributed by atoms with Crippen molar-refractivity contribution < 1.29 is 9.63 Å². The predicted molar refractivity (Wildman–Crippen MR) is 77.1 cm³/mol. The smallest absolute Gasteiger partial charge is 0.228 e.